The molecule has 0 aromatic heterocycles. The van der Waals surface area contributed by atoms with Crippen LogP contribution in [0.2, 0.25) is 0 Å². The van der Waals surface area contributed by atoms with E-state index in [2.05, 4.69) is 5.32 Å². The van der Waals surface area contributed by atoms with Gasteiger partial charge in [0.05, 0.1) is 0 Å². The molecule has 0 heterocycles. The van der Waals surface area contributed by atoms with Crippen LogP contribution in [0.1, 0.15) is 25.0 Å². The molecule has 0 aliphatic rings. The first-order valence-electron chi connectivity index (χ1n) is 7.18. The van der Waals surface area contributed by atoms with Gasteiger partial charge in [-0.15, -0.1) is 0 Å². The van der Waals surface area contributed by atoms with Crippen molar-refractivity contribution in [2.24, 2.45) is 5.92 Å². The Labute approximate surface area is 126 Å². The molecule has 21 heavy (non-hydrogen) atoms. The van der Waals surface area contributed by atoms with E-state index in [0.717, 1.165) is 16.9 Å². The van der Waals surface area contributed by atoms with Crippen molar-refractivity contribution in [2.75, 3.05) is 0 Å². The summed E-state index contributed by atoms with van der Waals surface area (Å²) in [5, 5.41) is 2.91. The van der Waals surface area contributed by atoms with E-state index in [0.29, 0.717) is 13.2 Å². The highest BCUT2D eigenvalue weighted by atomic mass is 16.5. The van der Waals surface area contributed by atoms with Crippen LogP contribution in [0.5, 0.6) is 5.75 Å². The van der Waals surface area contributed by atoms with Gasteiger partial charge < -0.3 is 10.1 Å². The maximum Gasteiger partial charge on any atom is 0.222 e. The predicted molar refractivity (Wildman–Crippen MR) is 83.9 cm³/mol. The zero-order valence-corrected chi connectivity index (χ0v) is 12.5. The molecule has 3 heteroatoms. The molecule has 0 saturated carbocycles. The topological polar surface area (TPSA) is 38.3 Å². The number of carbonyl (C=O) groups is 1. The summed E-state index contributed by atoms with van der Waals surface area (Å²) in [6.45, 7) is 4.89. The van der Waals surface area contributed by atoms with E-state index in [1.807, 2.05) is 68.4 Å². The Morgan fingerprint density at radius 3 is 2.24 bits per heavy atom. The minimum absolute atomic E-state index is 0.0172. The second-order valence-corrected chi connectivity index (χ2v) is 5.29. The van der Waals surface area contributed by atoms with Crippen molar-refractivity contribution >= 4 is 5.91 Å². The SMILES string of the molecule is CC(C)C(=O)NCc1ccc(COc2ccccc2)cc1. The molecule has 0 fully saturated rings. The van der Waals surface area contributed by atoms with E-state index >= 15 is 0 Å². The Bertz CT molecular complexity index is 562. The number of rotatable bonds is 6. The molecule has 0 bridgehead atoms. The van der Waals surface area contributed by atoms with Crippen molar-refractivity contribution in [1.29, 1.82) is 0 Å². The van der Waals surface area contributed by atoms with Gasteiger partial charge in [-0.25, -0.2) is 0 Å². The van der Waals surface area contributed by atoms with Crippen molar-refractivity contribution in [1.82, 2.24) is 5.32 Å². The van der Waals surface area contributed by atoms with Crippen molar-refractivity contribution in [3.05, 3.63) is 65.7 Å². The van der Waals surface area contributed by atoms with Crippen LogP contribution in [0.25, 0.3) is 0 Å². The number of hydrogen-bond acceptors (Lipinski definition) is 2. The largest absolute Gasteiger partial charge is 0.489 e. The number of hydrogen-bond donors (Lipinski definition) is 1. The van der Waals surface area contributed by atoms with Crippen molar-refractivity contribution < 1.29 is 9.53 Å². The maximum absolute atomic E-state index is 11.5. The number of amides is 1. The first-order valence-corrected chi connectivity index (χ1v) is 7.18. The summed E-state index contributed by atoms with van der Waals surface area (Å²) in [5.41, 5.74) is 2.20. The average molecular weight is 283 g/mol. The van der Waals surface area contributed by atoms with Crippen LogP contribution in [0.4, 0.5) is 0 Å². The van der Waals surface area contributed by atoms with Gasteiger partial charge in [0.2, 0.25) is 5.91 Å². The number of ether oxygens (including phenoxy) is 1. The second-order valence-electron chi connectivity index (χ2n) is 5.29. The lowest BCUT2D eigenvalue weighted by atomic mass is 10.1. The van der Waals surface area contributed by atoms with Gasteiger partial charge in [-0.3, -0.25) is 4.79 Å². The van der Waals surface area contributed by atoms with E-state index < -0.39 is 0 Å². The molecule has 0 radical (unpaired) electrons. The van der Waals surface area contributed by atoms with Crippen LogP contribution in [0, 0.1) is 5.92 Å². The normalized spacial score (nSPS) is 10.4. The number of para-hydroxylation sites is 1. The summed E-state index contributed by atoms with van der Waals surface area (Å²) >= 11 is 0. The van der Waals surface area contributed by atoms with E-state index in [1.54, 1.807) is 0 Å². The Kier molecular flexibility index (Phi) is 5.38. The standard InChI is InChI=1S/C18H21NO2/c1-14(2)18(20)19-12-15-8-10-16(11-9-15)13-21-17-6-4-3-5-7-17/h3-11,14H,12-13H2,1-2H3,(H,19,20). The molecule has 110 valence electrons. The Morgan fingerprint density at radius 2 is 1.62 bits per heavy atom. The Balaban J connectivity index is 1.83. The van der Waals surface area contributed by atoms with E-state index in [9.17, 15) is 4.79 Å². The van der Waals surface area contributed by atoms with Crippen molar-refractivity contribution in [3.8, 4) is 5.75 Å². The zero-order valence-electron chi connectivity index (χ0n) is 12.5. The number of nitrogens with one attached hydrogen (secondary N) is 1. The highest BCUT2D eigenvalue weighted by Gasteiger charge is 2.05. The monoisotopic (exact) mass is 283 g/mol. The summed E-state index contributed by atoms with van der Waals surface area (Å²) in [4.78, 5) is 11.5. The van der Waals surface area contributed by atoms with Gasteiger partial charge in [0.15, 0.2) is 0 Å². The molecular formula is C18H21NO2. The van der Waals surface area contributed by atoms with Crippen LogP contribution in [0.3, 0.4) is 0 Å². The molecule has 0 spiro atoms. The van der Waals surface area contributed by atoms with Gasteiger partial charge in [0, 0.05) is 12.5 Å². The molecule has 2 aromatic rings. The highest BCUT2D eigenvalue weighted by molar-refractivity contribution is 5.77. The fourth-order valence-electron chi connectivity index (χ4n) is 1.83. The summed E-state index contributed by atoms with van der Waals surface area (Å²) in [5.74, 6) is 0.959. The average Bonchev–Trinajstić information content (AvgIpc) is 2.52. The molecule has 1 amide bonds. The maximum atomic E-state index is 11.5. The molecule has 0 aliphatic heterocycles. The van der Waals surface area contributed by atoms with Crippen LogP contribution in [0.15, 0.2) is 54.6 Å². The fraction of sp³-hybridized carbons (Fsp3) is 0.278. The van der Waals surface area contributed by atoms with Crippen molar-refractivity contribution in [3.63, 3.8) is 0 Å². The summed E-state index contributed by atoms with van der Waals surface area (Å²) in [6, 6.07) is 17.8. The minimum atomic E-state index is 0.0172. The van der Waals surface area contributed by atoms with Crippen LogP contribution >= 0.6 is 0 Å². The van der Waals surface area contributed by atoms with Crippen LogP contribution in [-0.2, 0) is 17.9 Å². The van der Waals surface area contributed by atoms with Gasteiger partial charge in [0.1, 0.15) is 12.4 Å². The molecule has 1 N–H and O–H groups in total. The Morgan fingerprint density at radius 1 is 1.00 bits per heavy atom. The van der Waals surface area contributed by atoms with Gasteiger partial charge in [-0.2, -0.15) is 0 Å². The second kappa shape index (κ2) is 7.48. The smallest absolute Gasteiger partial charge is 0.222 e. The zero-order chi connectivity index (χ0) is 15.1. The van der Waals surface area contributed by atoms with E-state index in [4.69, 9.17) is 4.74 Å². The third kappa shape index (κ3) is 4.95. The van der Waals surface area contributed by atoms with Crippen molar-refractivity contribution in [2.45, 2.75) is 27.0 Å². The molecule has 2 rings (SSSR count). The molecule has 3 nitrogen and oxygen atoms in total. The molecule has 0 atom stereocenters. The predicted octanol–water partition coefficient (Wildman–Crippen LogP) is 3.54. The third-order valence-electron chi connectivity index (χ3n) is 3.16. The van der Waals surface area contributed by atoms with Gasteiger partial charge in [-0.1, -0.05) is 56.3 Å². The van der Waals surface area contributed by atoms with Gasteiger partial charge >= 0.3 is 0 Å². The highest BCUT2D eigenvalue weighted by Crippen LogP contribution is 2.12. The minimum Gasteiger partial charge on any atom is -0.489 e. The lowest BCUT2D eigenvalue weighted by Gasteiger charge is -2.09. The number of benzene rings is 2. The molecule has 0 aliphatic carbocycles. The molecular weight excluding hydrogens is 262 g/mol. The van der Waals surface area contributed by atoms with Crippen LogP contribution < -0.4 is 10.1 Å². The molecule has 0 saturated heterocycles. The lowest BCUT2D eigenvalue weighted by molar-refractivity contribution is -0.124. The third-order valence-corrected chi connectivity index (χ3v) is 3.16. The van der Waals surface area contributed by atoms with E-state index in [1.165, 1.54) is 0 Å². The van der Waals surface area contributed by atoms with E-state index in [-0.39, 0.29) is 11.8 Å². The van der Waals surface area contributed by atoms with Gasteiger partial charge in [-0.05, 0) is 23.3 Å². The lowest BCUT2D eigenvalue weighted by Crippen LogP contribution is -2.27. The quantitative estimate of drug-likeness (QED) is 0.880. The molecule has 0 unspecified atom stereocenters. The van der Waals surface area contributed by atoms with Gasteiger partial charge in [0.25, 0.3) is 0 Å². The fourth-order valence-corrected chi connectivity index (χ4v) is 1.83. The van der Waals surface area contributed by atoms with Crippen LogP contribution in [-0.4, -0.2) is 5.91 Å². The first-order chi connectivity index (χ1) is 10.1. The summed E-state index contributed by atoms with van der Waals surface area (Å²) < 4.78 is 5.69. The molecule has 2 aromatic carbocycles. The summed E-state index contributed by atoms with van der Waals surface area (Å²) in [6.07, 6.45) is 0. The first kappa shape index (κ1) is 15.1. The summed E-state index contributed by atoms with van der Waals surface area (Å²) in [7, 11) is 0. The Hall–Kier alpha value is -2.29. The number of carbonyl (C=O) groups excluding carboxylic acids is 1.